The second kappa shape index (κ2) is 6.69. The van der Waals surface area contributed by atoms with E-state index in [1.165, 1.54) is 0 Å². The molecule has 0 spiro atoms. The van der Waals surface area contributed by atoms with Gasteiger partial charge in [-0.2, -0.15) is 0 Å². The molecule has 0 amide bonds. The van der Waals surface area contributed by atoms with Gasteiger partial charge in [-0.05, 0) is 31.7 Å². The summed E-state index contributed by atoms with van der Waals surface area (Å²) >= 11 is 0. The van der Waals surface area contributed by atoms with Crippen molar-refractivity contribution in [2.45, 2.75) is 45.8 Å². The fourth-order valence-electron chi connectivity index (χ4n) is 2.67. The fraction of sp³-hybridized carbons (Fsp3) is 1.00. The minimum atomic E-state index is -0.0389. The SMILES string of the molecule is CCC(CC)(CN)CN1CC(C)OC(CO)C1. The van der Waals surface area contributed by atoms with E-state index in [-0.39, 0.29) is 24.2 Å². The second-order valence-corrected chi connectivity index (χ2v) is 5.36. The van der Waals surface area contributed by atoms with Gasteiger partial charge in [-0.25, -0.2) is 0 Å². The third-order valence-electron chi connectivity index (χ3n) is 4.10. The van der Waals surface area contributed by atoms with Crippen molar-refractivity contribution < 1.29 is 9.84 Å². The third kappa shape index (κ3) is 3.91. The first-order valence-electron chi connectivity index (χ1n) is 6.78. The molecule has 0 radical (unpaired) electrons. The molecule has 0 bridgehead atoms. The maximum Gasteiger partial charge on any atom is 0.0936 e. The maximum absolute atomic E-state index is 9.22. The summed E-state index contributed by atoms with van der Waals surface area (Å²) in [6.45, 7) is 10.1. The molecule has 4 heteroatoms. The summed E-state index contributed by atoms with van der Waals surface area (Å²) in [6.07, 6.45) is 2.37. The Morgan fingerprint density at radius 1 is 1.35 bits per heavy atom. The Hall–Kier alpha value is -0.160. The molecule has 3 N–H and O–H groups in total. The highest BCUT2D eigenvalue weighted by Crippen LogP contribution is 2.27. The molecule has 0 aromatic rings. The topological polar surface area (TPSA) is 58.7 Å². The van der Waals surface area contributed by atoms with Crippen LogP contribution in [-0.2, 0) is 4.74 Å². The Balaban J connectivity index is 2.59. The van der Waals surface area contributed by atoms with Crippen molar-refractivity contribution in [3.05, 3.63) is 0 Å². The molecule has 2 unspecified atom stereocenters. The Labute approximate surface area is 105 Å². The van der Waals surface area contributed by atoms with Crippen LogP contribution in [0.15, 0.2) is 0 Å². The van der Waals surface area contributed by atoms with Crippen LogP contribution >= 0.6 is 0 Å². The number of nitrogens with zero attached hydrogens (tertiary/aromatic N) is 1. The highest BCUT2D eigenvalue weighted by molar-refractivity contribution is 4.85. The van der Waals surface area contributed by atoms with E-state index >= 15 is 0 Å². The molecule has 1 heterocycles. The molecule has 1 fully saturated rings. The van der Waals surface area contributed by atoms with Crippen LogP contribution in [0.1, 0.15) is 33.6 Å². The lowest BCUT2D eigenvalue weighted by Gasteiger charge is -2.42. The van der Waals surface area contributed by atoms with Crippen LogP contribution in [0.2, 0.25) is 0 Å². The van der Waals surface area contributed by atoms with Crippen LogP contribution in [0, 0.1) is 5.41 Å². The number of aliphatic hydroxyl groups excluding tert-OH is 1. The minimum Gasteiger partial charge on any atom is -0.394 e. The number of nitrogens with two attached hydrogens (primary N) is 1. The third-order valence-corrected chi connectivity index (χ3v) is 4.10. The van der Waals surface area contributed by atoms with Gasteiger partial charge in [0.15, 0.2) is 0 Å². The number of hydrogen-bond donors (Lipinski definition) is 2. The monoisotopic (exact) mass is 244 g/mol. The lowest BCUT2D eigenvalue weighted by Crippen LogP contribution is -2.52. The summed E-state index contributed by atoms with van der Waals surface area (Å²) in [7, 11) is 0. The Kier molecular flexibility index (Phi) is 5.86. The van der Waals surface area contributed by atoms with Gasteiger partial charge < -0.3 is 15.6 Å². The molecule has 1 saturated heterocycles. The van der Waals surface area contributed by atoms with E-state index in [1.54, 1.807) is 0 Å². The van der Waals surface area contributed by atoms with Gasteiger partial charge in [0.1, 0.15) is 0 Å². The molecular formula is C13H28N2O2. The van der Waals surface area contributed by atoms with Gasteiger partial charge in [-0.3, -0.25) is 4.90 Å². The molecule has 1 aliphatic rings. The number of hydrogen-bond acceptors (Lipinski definition) is 4. The van der Waals surface area contributed by atoms with E-state index < -0.39 is 0 Å². The van der Waals surface area contributed by atoms with Crippen LogP contribution in [0.4, 0.5) is 0 Å². The zero-order chi connectivity index (χ0) is 12.9. The van der Waals surface area contributed by atoms with E-state index in [0.29, 0.717) is 0 Å². The van der Waals surface area contributed by atoms with Crippen molar-refractivity contribution in [2.75, 3.05) is 32.8 Å². The summed E-state index contributed by atoms with van der Waals surface area (Å²) in [5.74, 6) is 0. The van der Waals surface area contributed by atoms with Gasteiger partial charge in [0.2, 0.25) is 0 Å². The number of morpholine rings is 1. The van der Waals surface area contributed by atoms with Crippen molar-refractivity contribution in [3.63, 3.8) is 0 Å². The van der Waals surface area contributed by atoms with Gasteiger partial charge >= 0.3 is 0 Å². The molecule has 17 heavy (non-hydrogen) atoms. The van der Waals surface area contributed by atoms with E-state index in [0.717, 1.165) is 39.0 Å². The largest absolute Gasteiger partial charge is 0.394 e. The fourth-order valence-corrected chi connectivity index (χ4v) is 2.67. The summed E-state index contributed by atoms with van der Waals surface area (Å²) in [5.41, 5.74) is 6.16. The van der Waals surface area contributed by atoms with Gasteiger partial charge in [-0.15, -0.1) is 0 Å². The molecule has 1 aliphatic heterocycles. The van der Waals surface area contributed by atoms with Gasteiger partial charge in [0, 0.05) is 19.6 Å². The minimum absolute atomic E-state index is 0.0389. The van der Waals surface area contributed by atoms with Gasteiger partial charge in [0.25, 0.3) is 0 Å². The highest BCUT2D eigenvalue weighted by Gasteiger charge is 2.32. The molecular weight excluding hydrogens is 216 g/mol. The Bertz CT molecular complexity index is 211. The van der Waals surface area contributed by atoms with Crippen LogP contribution in [0.25, 0.3) is 0 Å². The first-order chi connectivity index (χ1) is 8.09. The smallest absolute Gasteiger partial charge is 0.0936 e. The molecule has 0 aliphatic carbocycles. The summed E-state index contributed by atoms with van der Waals surface area (Å²) in [6, 6.07) is 0. The zero-order valence-electron chi connectivity index (χ0n) is 11.5. The zero-order valence-corrected chi connectivity index (χ0v) is 11.5. The van der Waals surface area contributed by atoms with Crippen molar-refractivity contribution in [3.8, 4) is 0 Å². The molecule has 4 nitrogen and oxygen atoms in total. The predicted octanol–water partition coefficient (Wildman–Crippen LogP) is 0.833. The predicted molar refractivity (Wildman–Crippen MR) is 69.9 cm³/mol. The van der Waals surface area contributed by atoms with E-state index in [1.807, 2.05) is 0 Å². The molecule has 0 saturated carbocycles. The highest BCUT2D eigenvalue weighted by atomic mass is 16.5. The van der Waals surface area contributed by atoms with Crippen LogP contribution in [0.5, 0.6) is 0 Å². The number of aliphatic hydroxyl groups is 1. The van der Waals surface area contributed by atoms with Crippen molar-refractivity contribution in [2.24, 2.45) is 11.1 Å². The van der Waals surface area contributed by atoms with Crippen LogP contribution in [-0.4, -0.2) is 55.0 Å². The summed E-state index contributed by atoms with van der Waals surface area (Å²) in [5, 5.41) is 9.22. The van der Waals surface area contributed by atoms with Gasteiger partial charge in [-0.1, -0.05) is 13.8 Å². The Morgan fingerprint density at radius 2 is 2.00 bits per heavy atom. The number of ether oxygens (including phenoxy) is 1. The maximum atomic E-state index is 9.22. The lowest BCUT2D eigenvalue weighted by molar-refractivity contribution is -0.103. The first-order valence-corrected chi connectivity index (χ1v) is 6.78. The molecule has 102 valence electrons. The molecule has 0 aromatic carbocycles. The lowest BCUT2D eigenvalue weighted by atomic mass is 9.81. The van der Waals surface area contributed by atoms with E-state index in [9.17, 15) is 5.11 Å². The van der Waals surface area contributed by atoms with E-state index in [2.05, 4.69) is 25.7 Å². The summed E-state index contributed by atoms with van der Waals surface area (Å²) < 4.78 is 5.66. The average Bonchev–Trinajstić information content (AvgIpc) is 2.35. The van der Waals surface area contributed by atoms with Crippen molar-refractivity contribution in [1.29, 1.82) is 0 Å². The van der Waals surface area contributed by atoms with Crippen LogP contribution < -0.4 is 5.73 Å². The molecule has 0 aromatic heterocycles. The van der Waals surface area contributed by atoms with Crippen LogP contribution in [0.3, 0.4) is 0 Å². The molecule has 1 rings (SSSR count). The van der Waals surface area contributed by atoms with E-state index in [4.69, 9.17) is 10.5 Å². The van der Waals surface area contributed by atoms with Gasteiger partial charge in [0.05, 0.1) is 18.8 Å². The Morgan fingerprint density at radius 3 is 2.47 bits per heavy atom. The first kappa shape index (κ1) is 14.9. The standard InChI is InChI=1S/C13H28N2O2/c1-4-13(5-2,9-14)10-15-6-11(3)17-12(7-15)8-16/h11-12,16H,4-10,14H2,1-3H3. The average molecular weight is 244 g/mol. The number of rotatable bonds is 6. The molecule has 2 atom stereocenters. The van der Waals surface area contributed by atoms with Crippen molar-refractivity contribution >= 4 is 0 Å². The van der Waals surface area contributed by atoms with Crippen molar-refractivity contribution in [1.82, 2.24) is 4.90 Å². The summed E-state index contributed by atoms with van der Waals surface area (Å²) in [4.78, 5) is 2.40. The second-order valence-electron chi connectivity index (χ2n) is 5.36. The quantitative estimate of drug-likeness (QED) is 0.727. The normalized spacial score (nSPS) is 27.4.